The van der Waals surface area contributed by atoms with E-state index in [9.17, 15) is 23.7 Å². The Morgan fingerprint density at radius 3 is 1.90 bits per heavy atom. The number of nitrogens with one attached hydrogen (secondary N) is 3. The first kappa shape index (κ1) is 50.7. The summed E-state index contributed by atoms with van der Waals surface area (Å²) >= 11 is 1.70. The zero-order valence-electron chi connectivity index (χ0n) is 39.7. The highest BCUT2D eigenvalue weighted by Crippen LogP contribution is 2.45. The molecule has 7 aromatic rings. The highest BCUT2D eigenvalue weighted by atomic mass is 32.2. The molecular formula is C53H48N8O8S4. The van der Waals surface area contributed by atoms with Gasteiger partial charge in [0, 0.05) is 22.1 Å². The highest BCUT2D eigenvalue weighted by Gasteiger charge is 2.62. The number of H-pyrrole nitrogens is 1. The molecule has 1 fully saturated rings. The predicted molar refractivity (Wildman–Crippen MR) is 282 cm³/mol. The number of thiazole rings is 1. The summed E-state index contributed by atoms with van der Waals surface area (Å²) in [5, 5.41) is 17.7. The van der Waals surface area contributed by atoms with Crippen LogP contribution in [0.3, 0.4) is 0 Å². The lowest BCUT2D eigenvalue weighted by atomic mass is 9.80. The standard InChI is InChI=1S/C53H48N8O8S4/c1-33(72-49-54-32-55-59-49)71-40-31-73(66)47-42(46(63)61(47)43(40)48(64)67-44(34-20-10-5-11-21-34)35-22-12-6-13-23-35)57-45(62)41(39-30-70-50(56-39)58-51(65)68-52(2,3)4)60-69-53(36-24-14-7-15-25-36,37-26-16-8-17-27-37)38-28-18-9-19-29-38/h5-30,32-33,42,44,47H,31H2,1-4H3,(H,57,62)(H,54,55,59)(H,56,58,65)/b60-41-/t33?,42-,47+,73?/m1/s1. The van der Waals surface area contributed by atoms with Crippen LogP contribution >= 0.6 is 34.9 Å². The predicted octanol–water partition coefficient (Wildman–Crippen LogP) is 9.15. The van der Waals surface area contributed by atoms with Crippen molar-refractivity contribution in [3.8, 4) is 0 Å². The largest absolute Gasteiger partial charge is 0.614 e. The molecule has 2 aromatic heterocycles. The Kier molecular flexibility index (Phi) is 15.5. The van der Waals surface area contributed by atoms with E-state index in [0.717, 1.165) is 16.2 Å². The fourth-order valence-corrected chi connectivity index (χ4v) is 13.0. The molecule has 4 heterocycles. The molecule has 0 spiro atoms. The molecule has 3 amide bonds. The van der Waals surface area contributed by atoms with Gasteiger partial charge in [-0.05, 0) is 50.0 Å². The van der Waals surface area contributed by atoms with Gasteiger partial charge in [-0.15, -0.1) is 28.2 Å². The Balaban J connectivity index is 1.08. The van der Waals surface area contributed by atoms with Crippen molar-refractivity contribution in [2.75, 3.05) is 11.1 Å². The first-order valence-corrected chi connectivity index (χ1v) is 26.9. The monoisotopic (exact) mass is 1050 g/mol. The molecule has 0 saturated carbocycles. The fraction of sp³-hybridized carbons (Fsp3) is 0.208. The summed E-state index contributed by atoms with van der Waals surface area (Å²) in [6.07, 6.45) is -0.188. The minimum absolute atomic E-state index is 0.0151. The molecule has 2 aliphatic rings. The maximum absolute atomic E-state index is 15.0. The minimum atomic E-state index is -1.85. The summed E-state index contributed by atoms with van der Waals surface area (Å²) in [6, 6.07) is 45.2. The molecule has 372 valence electrons. The van der Waals surface area contributed by atoms with Gasteiger partial charge in [0.15, 0.2) is 23.0 Å². The second kappa shape index (κ2) is 22.3. The average Bonchev–Trinajstić information content (AvgIpc) is 4.09. The van der Waals surface area contributed by atoms with Gasteiger partial charge in [0.2, 0.25) is 16.1 Å². The van der Waals surface area contributed by atoms with E-state index in [1.165, 1.54) is 35.2 Å². The molecule has 9 rings (SSSR count). The number of amides is 3. The zero-order valence-corrected chi connectivity index (χ0v) is 43.0. The Bertz CT molecular complexity index is 2970. The number of carbonyl (C=O) groups excluding carboxylic acids is 4. The quantitative estimate of drug-likeness (QED) is 0.0114. The van der Waals surface area contributed by atoms with Crippen LogP contribution in [-0.4, -0.2) is 86.6 Å². The number of β-lactam (4-membered cyclic amide) rings is 1. The van der Waals surface area contributed by atoms with Crippen molar-refractivity contribution >= 4 is 80.8 Å². The van der Waals surface area contributed by atoms with Crippen molar-refractivity contribution in [3.05, 3.63) is 207 Å². The first-order chi connectivity index (χ1) is 35.3. The molecule has 3 N–H and O–H groups in total. The third kappa shape index (κ3) is 11.4. The van der Waals surface area contributed by atoms with E-state index in [0.29, 0.717) is 37.9 Å². The molecular weight excluding hydrogens is 1000 g/mol. The Morgan fingerprint density at radius 1 is 0.836 bits per heavy atom. The number of ether oxygens (including phenoxy) is 2. The van der Waals surface area contributed by atoms with Gasteiger partial charge >= 0.3 is 12.1 Å². The first-order valence-electron chi connectivity index (χ1n) is 22.9. The maximum atomic E-state index is 15.0. The van der Waals surface area contributed by atoms with Gasteiger partial charge in [-0.1, -0.05) is 169 Å². The number of fused-ring (bicyclic) bond motifs is 1. The Hall–Kier alpha value is -7.23. The molecule has 2 aliphatic heterocycles. The smallest absolute Gasteiger partial charge is 0.413 e. The van der Waals surface area contributed by atoms with Gasteiger partial charge in [0.1, 0.15) is 29.1 Å². The number of hydrogen-bond acceptors (Lipinski definition) is 15. The Morgan fingerprint density at radius 2 is 1.38 bits per heavy atom. The van der Waals surface area contributed by atoms with E-state index < -0.39 is 63.8 Å². The van der Waals surface area contributed by atoms with Crippen LogP contribution in [0.5, 0.6) is 0 Å². The van der Waals surface area contributed by atoms with Crippen LogP contribution in [-0.2, 0) is 45.5 Å². The molecule has 0 aliphatic carbocycles. The number of anilines is 1. The normalized spacial score (nSPS) is 17.3. The third-order valence-corrected chi connectivity index (χ3v) is 16.2. The number of nitrogens with zero attached hydrogens (tertiary/aromatic N) is 5. The number of aromatic nitrogens is 4. The van der Waals surface area contributed by atoms with Gasteiger partial charge in [-0.25, -0.2) is 19.6 Å². The molecule has 73 heavy (non-hydrogen) atoms. The van der Waals surface area contributed by atoms with Gasteiger partial charge in [-0.3, -0.25) is 24.9 Å². The average molecular weight is 1050 g/mol. The number of hydrogen-bond donors (Lipinski definition) is 3. The van der Waals surface area contributed by atoms with Crippen molar-refractivity contribution in [1.82, 2.24) is 30.4 Å². The lowest BCUT2D eigenvalue weighted by Gasteiger charge is -2.49. The van der Waals surface area contributed by atoms with Crippen LogP contribution in [0, 0.1) is 0 Å². The number of thioether (sulfide) groups is 2. The van der Waals surface area contributed by atoms with Crippen molar-refractivity contribution in [2.45, 2.75) is 66.2 Å². The van der Waals surface area contributed by atoms with E-state index in [-0.39, 0.29) is 32.6 Å². The summed E-state index contributed by atoms with van der Waals surface area (Å²) in [5.74, 6) is -2.58. The topological polar surface area (TPSA) is 213 Å². The second-order valence-corrected chi connectivity index (χ2v) is 22.9. The van der Waals surface area contributed by atoms with E-state index >= 15 is 0 Å². The van der Waals surface area contributed by atoms with Crippen LogP contribution in [0.4, 0.5) is 9.93 Å². The van der Waals surface area contributed by atoms with E-state index in [1.54, 1.807) is 20.8 Å². The summed E-state index contributed by atoms with van der Waals surface area (Å²) in [6.45, 7) is 7.05. The number of benzene rings is 5. The van der Waals surface area contributed by atoms with Gasteiger partial charge in [-0.2, -0.15) is 0 Å². The lowest BCUT2D eigenvalue weighted by Crippen LogP contribution is -2.75. The number of esters is 1. The van der Waals surface area contributed by atoms with Crippen LogP contribution in [0.25, 0.3) is 0 Å². The van der Waals surface area contributed by atoms with Crippen LogP contribution < -0.4 is 10.6 Å². The van der Waals surface area contributed by atoms with Gasteiger partial charge in [0.25, 0.3) is 11.8 Å². The minimum Gasteiger partial charge on any atom is -0.614 e. The number of rotatable bonds is 17. The number of aromatic amines is 1. The van der Waals surface area contributed by atoms with Crippen molar-refractivity contribution < 1.29 is 38.0 Å². The maximum Gasteiger partial charge on any atom is 0.413 e. The molecule has 0 bridgehead atoms. The van der Waals surface area contributed by atoms with Crippen LogP contribution in [0.15, 0.2) is 184 Å². The molecule has 4 atom stereocenters. The van der Waals surface area contributed by atoms with E-state index in [4.69, 9.17) is 14.3 Å². The van der Waals surface area contributed by atoms with E-state index in [1.807, 2.05) is 159 Å². The molecule has 1 saturated heterocycles. The van der Waals surface area contributed by atoms with Gasteiger partial charge in [0.05, 0.1) is 9.49 Å². The van der Waals surface area contributed by atoms with Crippen molar-refractivity contribution in [1.29, 1.82) is 0 Å². The summed E-state index contributed by atoms with van der Waals surface area (Å²) in [4.78, 5) is 74.5. The lowest BCUT2D eigenvalue weighted by molar-refractivity contribution is -0.154. The fourth-order valence-electron chi connectivity index (χ4n) is 8.23. The third-order valence-electron chi connectivity index (χ3n) is 11.4. The van der Waals surface area contributed by atoms with Crippen molar-refractivity contribution in [3.63, 3.8) is 0 Å². The molecule has 20 heteroatoms. The van der Waals surface area contributed by atoms with Gasteiger partial charge < -0.3 is 24.2 Å². The summed E-state index contributed by atoms with van der Waals surface area (Å²) < 4.78 is 26.0. The SMILES string of the molecule is CC(SC1=C(C(=O)OC(c2ccccc2)c2ccccc2)N2C(=O)[C@@H](NC(=O)/C(=N\OC(c3ccccc3)(c3ccccc3)c3ccccc3)c3csc(NC(=O)OC(C)(C)C)n3)[C@@H]2[S+]([O-])C1)Sc1nc[nH]n1. The number of carbonyl (C=O) groups is 4. The summed E-state index contributed by atoms with van der Waals surface area (Å²) in [5.41, 5.74) is 0.702. The molecule has 16 nitrogen and oxygen atoms in total. The zero-order chi connectivity index (χ0) is 51.1. The Labute approximate surface area is 436 Å². The van der Waals surface area contributed by atoms with Crippen molar-refractivity contribution in [2.24, 2.45) is 5.16 Å². The van der Waals surface area contributed by atoms with E-state index in [2.05, 4.69) is 36.0 Å². The van der Waals surface area contributed by atoms with Crippen LogP contribution in [0.1, 0.15) is 67.3 Å². The summed E-state index contributed by atoms with van der Waals surface area (Å²) in [7, 11) is 0. The molecule has 5 aromatic carbocycles. The number of oxime groups is 1. The second-order valence-electron chi connectivity index (χ2n) is 17.5. The molecule has 0 radical (unpaired) electrons. The van der Waals surface area contributed by atoms with Crippen LogP contribution in [0.2, 0.25) is 0 Å². The highest BCUT2D eigenvalue weighted by molar-refractivity contribution is 8.19. The molecule has 2 unspecified atom stereocenters.